The van der Waals surface area contributed by atoms with Gasteiger partial charge >= 0.3 is 0 Å². The summed E-state index contributed by atoms with van der Waals surface area (Å²) >= 11 is 5.87. The monoisotopic (exact) mass is 260 g/mol. The fourth-order valence-corrected chi connectivity index (χ4v) is 2.91. The molecule has 18 heavy (non-hydrogen) atoms. The van der Waals surface area contributed by atoms with Crippen LogP contribution in [-0.4, -0.2) is 9.55 Å². The van der Waals surface area contributed by atoms with Crippen LogP contribution in [0.1, 0.15) is 35.4 Å². The Morgan fingerprint density at radius 1 is 1.28 bits per heavy atom. The standard InChI is InChI=1S/C15H17ClN2/c1-11-8-12(9-16)6-7-14(11)18-10-17-13-4-2-3-5-15(13)18/h6-8,10H,2-5,9H2,1H3. The van der Waals surface area contributed by atoms with Crippen LogP contribution < -0.4 is 0 Å². The number of benzene rings is 1. The van der Waals surface area contributed by atoms with E-state index >= 15 is 0 Å². The van der Waals surface area contributed by atoms with E-state index in [1.54, 1.807) is 0 Å². The highest BCUT2D eigenvalue weighted by molar-refractivity contribution is 6.17. The van der Waals surface area contributed by atoms with Crippen LogP contribution in [0, 0.1) is 6.92 Å². The van der Waals surface area contributed by atoms with E-state index in [4.69, 9.17) is 11.6 Å². The molecule has 0 N–H and O–H groups in total. The fourth-order valence-electron chi connectivity index (χ4n) is 2.75. The number of aryl methyl sites for hydroxylation is 2. The normalized spacial score (nSPS) is 14.6. The molecular weight excluding hydrogens is 244 g/mol. The van der Waals surface area contributed by atoms with E-state index in [0.717, 1.165) is 12.8 Å². The Morgan fingerprint density at radius 3 is 2.89 bits per heavy atom. The first-order chi connectivity index (χ1) is 8.79. The van der Waals surface area contributed by atoms with Crippen LogP contribution in [0.2, 0.25) is 0 Å². The van der Waals surface area contributed by atoms with Crippen LogP contribution in [-0.2, 0) is 18.7 Å². The van der Waals surface area contributed by atoms with Gasteiger partial charge in [0.2, 0.25) is 0 Å². The third kappa shape index (κ3) is 1.95. The molecule has 2 aromatic rings. The third-order valence-corrected chi connectivity index (χ3v) is 4.01. The number of imidazole rings is 1. The maximum absolute atomic E-state index is 5.87. The summed E-state index contributed by atoms with van der Waals surface area (Å²) < 4.78 is 2.25. The number of fused-ring (bicyclic) bond motifs is 1. The smallest absolute Gasteiger partial charge is 0.0997 e. The van der Waals surface area contributed by atoms with E-state index in [1.165, 1.54) is 41.0 Å². The number of nitrogens with zero attached hydrogens (tertiary/aromatic N) is 2. The molecule has 0 radical (unpaired) electrons. The second-order valence-electron chi connectivity index (χ2n) is 4.97. The van der Waals surface area contributed by atoms with Crippen molar-refractivity contribution in [2.45, 2.75) is 38.5 Å². The molecule has 0 fully saturated rings. The molecule has 94 valence electrons. The van der Waals surface area contributed by atoms with Gasteiger partial charge < -0.3 is 4.57 Å². The van der Waals surface area contributed by atoms with Crippen molar-refractivity contribution in [1.82, 2.24) is 9.55 Å². The second kappa shape index (κ2) is 4.77. The SMILES string of the molecule is Cc1cc(CCl)ccc1-n1cnc2c1CCCC2. The molecule has 0 atom stereocenters. The first kappa shape index (κ1) is 11.8. The molecule has 0 saturated carbocycles. The Balaban J connectivity index is 2.07. The Labute approximate surface area is 113 Å². The quantitative estimate of drug-likeness (QED) is 0.751. The average molecular weight is 261 g/mol. The Kier molecular flexibility index (Phi) is 3.13. The first-order valence-corrected chi connectivity index (χ1v) is 7.04. The van der Waals surface area contributed by atoms with Gasteiger partial charge in [-0.2, -0.15) is 0 Å². The summed E-state index contributed by atoms with van der Waals surface area (Å²) in [4.78, 5) is 4.55. The van der Waals surface area contributed by atoms with Crippen molar-refractivity contribution in [1.29, 1.82) is 0 Å². The van der Waals surface area contributed by atoms with E-state index < -0.39 is 0 Å². The maximum Gasteiger partial charge on any atom is 0.0997 e. The Hall–Kier alpha value is -1.28. The van der Waals surface area contributed by atoms with Gasteiger partial charge in [0.15, 0.2) is 0 Å². The van der Waals surface area contributed by atoms with E-state index in [1.807, 2.05) is 6.33 Å². The van der Waals surface area contributed by atoms with Gasteiger partial charge in [-0.25, -0.2) is 4.98 Å². The number of hydrogen-bond acceptors (Lipinski definition) is 1. The third-order valence-electron chi connectivity index (χ3n) is 3.71. The molecule has 0 aliphatic heterocycles. The van der Waals surface area contributed by atoms with Gasteiger partial charge in [-0.3, -0.25) is 0 Å². The number of hydrogen-bond donors (Lipinski definition) is 0. The van der Waals surface area contributed by atoms with Crippen molar-refractivity contribution in [3.05, 3.63) is 47.0 Å². The summed E-state index contributed by atoms with van der Waals surface area (Å²) in [6.45, 7) is 2.14. The molecule has 1 aliphatic rings. The minimum Gasteiger partial charge on any atom is -0.303 e. The molecule has 1 heterocycles. The van der Waals surface area contributed by atoms with Crippen molar-refractivity contribution < 1.29 is 0 Å². The van der Waals surface area contributed by atoms with Gasteiger partial charge in [0.25, 0.3) is 0 Å². The highest BCUT2D eigenvalue weighted by Crippen LogP contribution is 2.25. The van der Waals surface area contributed by atoms with Crippen LogP contribution >= 0.6 is 11.6 Å². The number of alkyl halides is 1. The topological polar surface area (TPSA) is 17.8 Å². The second-order valence-corrected chi connectivity index (χ2v) is 5.24. The van der Waals surface area contributed by atoms with Crippen LogP contribution in [0.3, 0.4) is 0 Å². The molecule has 2 nitrogen and oxygen atoms in total. The molecule has 1 aliphatic carbocycles. The molecular formula is C15H17ClN2. The largest absolute Gasteiger partial charge is 0.303 e. The van der Waals surface area contributed by atoms with Crippen LogP contribution in [0.5, 0.6) is 0 Å². The predicted molar refractivity (Wildman–Crippen MR) is 74.5 cm³/mol. The molecule has 3 heteroatoms. The van der Waals surface area contributed by atoms with Gasteiger partial charge in [0.05, 0.1) is 12.0 Å². The van der Waals surface area contributed by atoms with Crippen molar-refractivity contribution in [3.63, 3.8) is 0 Å². The molecule has 0 amide bonds. The summed E-state index contributed by atoms with van der Waals surface area (Å²) in [5.74, 6) is 0.573. The van der Waals surface area contributed by atoms with E-state index in [9.17, 15) is 0 Å². The zero-order chi connectivity index (χ0) is 12.5. The highest BCUT2D eigenvalue weighted by atomic mass is 35.5. The molecule has 0 spiro atoms. The van der Waals surface area contributed by atoms with Gasteiger partial charge in [-0.1, -0.05) is 12.1 Å². The van der Waals surface area contributed by atoms with E-state index in [2.05, 4.69) is 34.7 Å². The molecule has 1 aromatic carbocycles. The highest BCUT2D eigenvalue weighted by Gasteiger charge is 2.16. The summed E-state index contributed by atoms with van der Waals surface area (Å²) in [7, 11) is 0. The lowest BCUT2D eigenvalue weighted by atomic mass is 10.0. The van der Waals surface area contributed by atoms with Gasteiger partial charge in [0.1, 0.15) is 0 Å². The van der Waals surface area contributed by atoms with Gasteiger partial charge in [0, 0.05) is 17.3 Å². The maximum atomic E-state index is 5.87. The first-order valence-electron chi connectivity index (χ1n) is 6.50. The lowest BCUT2D eigenvalue weighted by Gasteiger charge is -2.16. The summed E-state index contributed by atoms with van der Waals surface area (Å²) in [6.07, 6.45) is 6.79. The summed E-state index contributed by atoms with van der Waals surface area (Å²) in [6, 6.07) is 6.42. The number of halogens is 1. The number of aromatic nitrogens is 2. The molecule has 0 bridgehead atoms. The van der Waals surface area contributed by atoms with Crippen molar-refractivity contribution >= 4 is 11.6 Å². The van der Waals surface area contributed by atoms with Gasteiger partial charge in [-0.05, 0) is 49.8 Å². The Bertz CT molecular complexity index is 572. The summed E-state index contributed by atoms with van der Waals surface area (Å²) in [5, 5.41) is 0. The van der Waals surface area contributed by atoms with Crippen LogP contribution in [0.4, 0.5) is 0 Å². The van der Waals surface area contributed by atoms with Crippen LogP contribution in [0.25, 0.3) is 5.69 Å². The average Bonchev–Trinajstić information content (AvgIpc) is 2.82. The van der Waals surface area contributed by atoms with E-state index in [0.29, 0.717) is 5.88 Å². The molecule has 1 aromatic heterocycles. The summed E-state index contributed by atoms with van der Waals surface area (Å²) in [5.41, 5.74) is 6.34. The Morgan fingerprint density at radius 2 is 2.11 bits per heavy atom. The number of rotatable bonds is 2. The molecule has 3 rings (SSSR count). The zero-order valence-electron chi connectivity index (χ0n) is 10.6. The lowest BCUT2D eigenvalue weighted by molar-refractivity contribution is 0.655. The van der Waals surface area contributed by atoms with Crippen molar-refractivity contribution in [2.24, 2.45) is 0 Å². The zero-order valence-corrected chi connectivity index (χ0v) is 11.4. The minimum absolute atomic E-state index is 0.573. The molecule has 0 saturated heterocycles. The van der Waals surface area contributed by atoms with Crippen LogP contribution in [0.15, 0.2) is 24.5 Å². The van der Waals surface area contributed by atoms with E-state index in [-0.39, 0.29) is 0 Å². The minimum atomic E-state index is 0.573. The fraction of sp³-hybridized carbons (Fsp3) is 0.400. The van der Waals surface area contributed by atoms with Gasteiger partial charge in [-0.15, -0.1) is 11.6 Å². The van der Waals surface area contributed by atoms with Crippen molar-refractivity contribution in [2.75, 3.05) is 0 Å². The predicted octanol–water partition coefficient (Wildman–Crippen LogP) is 3.80. The van der Waals surface area contributed by atoms with Crippen molar-refractivity contribution in [3.8, 4) is 5.69 Å². The lowest BCUT2D eigenvalue weighted by Crippen LogP contribution is -2.07. The molecule has 0 unspecified atom stereocenters.